The topological polar surface area (TPSA) is 53.1 Å². The van der Waals surface area contributed by atoms with E-state index in [0.717, 1.165) is 5.69 Å². The Morgan fingerprint density at radius 2 is 2.17 bits per heavy atom. The monoisotopic (exact) mass is 281 g/mol. The number of hydrogen-bond donors (Lipinski definition) is 1. The van der Waals surface area contributed by atoms with Crippen molar-refractivity contribution in [3.63, 3.8) is 0 Å². The molecule has 1 heterocycles. The molecule has 0 saturated heterocycles. The molecule has 0 unspecified atom stereocenters. The summed E-state index contributed by atoms with van der Waals surface area (Å²) in [4.78, 5) is 0.267. The summed E-state index contributed by atoms with van der Waals surface area (Å²) in [5.74, 6) is 1.26. The molecule has 0 amide bonds. The Morgan fingerprint density at radius 1 is 1.44 bits per heavy atom. The first-order valence-corrected chi connectivity index (χ1v) is 6.04. The number of aryl methyl sites for hydroxylation is 2. The van der Waals surface area contributed by atoms with E-state index in [1.54, 1.807) is 22.9 Å². The van der Waals surface area contributed by atoms with Crippen molar-refractivity contribution in [2.24, 2.45) is 12.8 Å². The van der Waals surface area contributed by atoms with Gasteiger partial charge in [-0.15, -0.1) is 0 Å². The molecule has 18 heavy (non-hydrogen) atoms. The van der Waals surface area contributed by atoms with Gasteiger partial charge in [0.05, 0.1) is 10.7 Å². The van der Waals surface area contributed by atoms with Crippen LogP contribution in [0.4, 0.5) is 0 Å². The van der Waals surface area contributed by atoms with Crippen molar-refractivity contribution in [1.82, 2.24) is 9.78 Å². The lowest BCUT2D eigenvalue weighted by Gasteiger charge is -2.07. The van der Waals surface area contributed by atoms with Crippen molar-refractivity contribution in [3.05, 3.63) is 40.5 Å². The summed E-state index contributed by atoms with van der Waals surface area (Å²) in [5.41, 5.74) is 7.06. The van der Waals surface area contributed by atoms with E-state index in [2.05, 4.69) is 5.10 Å². The van der Waals surface area contributed by atoms with Gasteiger partial charge in [-0.3, -0.25) is 0 Å². The van der Waals surface area contributed by atoms with Gasteiger partial charge in [-0.05, 0) is 19.1 Å². The number of thiocarbonyl (C=S) groups is 1. The molecule has 6 heteroatoms. The molecule has 0 spiro atoms. The van der Waals surface area contributed by atoms with Crippen LogP contribution in [0.25, 0.3) is 0 Å². The lowest BCUT2D eigenvalue weighted by molar-refractivity contribution is 0.430. The van der Waals surface area contributed by atoms with Crippen molar-refractivity contribution >= 4 is 28.8 Å². The highest BCUT2D eigenvalue weighted by molar-refractivity contribution is 7.80. The van der Waals surface area contributed by atoms with Gasteiger partial charge in [0.1, 0.15) is 10.7 Å². The van der Waals surface area contributed by atoms with Crippen molar-refractivity contribution in [2.75, 3.05) is 0 Å². The summed E-state index contributed by atoms with van der Waals surface area (Å²) >= 11 is 11.0. The summed E-state index contributed by atoms with van der Waals surface area (Å²) in [6, 6.07) is 7.03. The third kappa shape index (κ3) is 2.63. The van der Waals surface area contributed by atoms with Crippen LogP contribution < -0.4 is 10.5 Å². The van der Waals surface area contributed by atoms with Gasteiger partial charge in [-0.1, -0.05) is 23.8 Å². The quantitative estimate of drug-likeness (QED) is 0.879. The number of hydrogen-bond acceptors (Lipinski definition) is 3. The van der Waals surface area contributed by atoms with Crippen LogP contribution in [0, 0.1) is 6.92 Å². The van der Waals surface area contributed by atoms with Gasteiger partial charge < -0.3 is 10.5 Å². The number of aromatic nitrogens is 2. The third-order valence-electron chi connectivity index (χ3n) is 2.39. The summed E-state index contributed by atoms with van der Waals surface area (Å²) in [6.45, 7) is 1.90. The average molecular weight is 282 g/mol. The second kappa shape index (κ2) is 4.96. The zero-order valence-electron chi connectivity index (χ0n) is 9.98. The number of benzene rings is 1. The van der Waals surface area contributed by atoms with Gasteiger partial charge in [0.2, 0.25) is 5.88 Å². The minimum Gasteiger partial charge on any atom is -0.439 e. The van der Waals surface area contributed by atoms with E-state index in [1.165, 1.54) is 0 Å². The van der Waals surface area contributed by atoms with Crippen LogP contribution in [-0.4, -0.2) is 14.8 Å². The van der Waals surface area contributed by atoms with Gasteiger partial charge in [-0.25, -0.2) is 4.68 Å². The predicted octanol–water partition coefficient (Wildman–Crippen LogP) is 2.81. The maximum Gasteiger partial charge on any atom is 0.217 e. The molecule has 2 rings (SSSR count). The minimum absolute atomic E-state index is 0.267. The van der Waals surface area contributed by atoms with Crippen LogP contribution >= 0.6 is 23.8 Å². The van der Waals surface area contributed by atoms with Crippen LogP contribution in [0.5, 0.6) is 11.6 Å². The molecule has 1 aromatic carbocycles. The highest BCUT2D eigenvalue weighted by Gasteiger charge is 2.08. The molecule has 0 radical (unpaired) electrons. The molecular weight excluding hydrogens is 270 g/mol. The predicted molar refractivity (Wildman–Crippen MR) is 75.4 cm³/mol. The molecule has 4 nitrogen and oxygen atoms in total. The molecule has 0 saturated carbocycles. The third-order valence-corrected chi connectivity index (χ3v) is 2.92. The summed E-state index contributed by atoms with van der Waals surface area (Å²) in [6.07, 6.45) is 0. The molecule has 2 aromatic rings. The molecule has 0 fully saturated rings. The SMILES string of the molecule is Cc1cc(Oc2ccc(C(N)=S)c(Cl)c2)n(C)n1. The fraction of sp³-hybridized carbons (Fsp3) is 0.167. The zero-order valence-corrected chi connectivity index (χ0v) is 11.5. The summed E-state index contributed by atoms with van der Waals surface area (Å²) < 4.78 is 7.33. The first-order valence-electron chi connectivity index (χ1n) is 5.25. The molecule has 0 aliphatic heterocycles. The number of nitrogens with zero attached hydrogens (tertiary/aromatic N) is 2. The zero-order chi connectivity index (χ0) is 13.3. The molecule has 1 aromatic heterocycles. The van der Waals surface area contributed by atoms with E-state index in [1.807, 2.05) is 20.0 Å². The van der Waals surface area contributed by atoms with Gasteiger partial charge in [0.15, 0.2) is 0 Å². The van der Waals surface area contributed by atoms with Crippen LogP contribution in [0.2, 0.25) is 5.02 Å². The Bertz CT molecular complexity index is 609. The first-order chi connectivity index (χ1) is 8.47. The second-order valence-electron chi connectivity index (χ2n) is 3.86. The first kappa shape index (κ1) is 12.9. The van der Waals surface area contributed by atoms with Crippen LogP contribution in [0.1, 0.15) is 11.3 Å². The van der Waals surface area contributed by atoms with E-state index in [0.29, 0.717) is 22.2 Å². The fourth-order valence-electron chi connectivity index (χ4n) is 1.56. The average Bonchev–Trinajstić information content (AvgIpc) is 2.57. The van der Waals surface area contributed by atoms with E-state index in [-0.39, 0.29) is 4.99 Å². The summed E-state index contributed by atoms with van der Waals surface area (Å²) in [5, 5.41) is 4.66. The maximum absolute atomic E-state index is 6.07. The van der Waals surface area contributed by atoms with Crippen molar-refractivity contribution < 1.29 is 4.74 Å². The molecule has 94 valence electrons. The molecule has 2 N–H and O–H groups in total. The Kier molecular flexibility index (Phi) is 3.54. The normalized spacial score (nSPS) is 10.4. The van der Waals surface area contributed by atoms with Crippen molar-refractivity contribution in [3.8, 4) is 11.6 Å². The smallest absolute Gasteiger partial charge is 0.217 e. The van der Waals surface area contributed by atoms with Gasteiger partial charge in [-0.2, -0.15) is 5.10 Å². The van der Waals surface area contributed by atoms with Crippen molar-refractivity contribution in [1.29, 1.82) is 0 Å². The lowest BCUT2D eigenvalue weighted by atomic mass is 10.2. The molecular formula is C12H12ClN3OS. The van der Waals surface area contributed by atoms with Gasteiger partial charge in [0, 0.05) is 24.7 Å². The second-order valence-corrected chi connectivity index (χ2v) is 4.70. The minimum atomic E-state index is 0.267. The standard InChI is InChI=1S/C12H12ClN3OS/c1-7-5-11(16(2)15-7)17-8-3-4-9(12(14)18)10(13)6-8/h3-6H,1-2H3,(H2,14,18). The maximum atomic E-state index is 6.07. The van der Waals surface area contributed by atoms with Crippen LogP contribution in [-0.2, 0) is 7.05 Å². The van der Waals surface area contributed by atoms with E-state index >= 15 is 0 Å². The molecule has 0 bridgehead atoms. The largest absolute Gasteiger partial charge is 0.439 e. The van der Waals surface area contributed by atoms with Gasteiger partial charge >= 0.3 is 0 Å². The highest BCUT2D eigenvalue weighted by Crippen LogP contribution is 2.26. The fourth-order valence-corrected chi connectivity index (χ4v) is 2.07. The van der Waals surface area contributed by atoms with Crippen LogP contribution in [0.3, 0.4) is 0 Å². The lowest BCUT2D eigenvalue weighted by Crippen LogP contribution is -2.09. The Labute approximate surface area is 115 Å². The molecule has 0 aliphatic carbocycles. The number of rotatable bonds is 3. The Morgan fingerprint density at radius 3 is 2.67 bits per heavy atom. The number of halogens is 1. The molecule has 0 atom stereocenters. The van der Waals surface area contributed by atoms with E-state index in [4.69, 9.17) is 34.3 Å². The Hall–Kier alpha value is -1.59. The van der Waals surface area contributed by atoms with E-state index < -0.39 is 0 Å². The van der Waals surface area contributed by atoms with Crippen molar-refractivity contribution in [2.45, 2.75) is 6.92 Å². The molecule has 0 aliphatic rings. The highest BCUT2D eigenvalue weighted by atomic mass is 35.5. The van der Waals surface area contributed by atoms with E-state index in [9.17, 15) is 0 Å². The Balaban J connectivity index is 2.28. The summed E-state index contributed by atoms with van der Waals surface area (Å²) in [7, 11) is 1.81. The number of ether oxygens (including phenoxy) is 1. The number of nitrogens with two attached hydrogens (primary N) is 1. The van der Waals surface area contributed by atoms with Crippen LogP contribution in [0.15, 0.2) is 24.3 Å². The van der Waals surface area contributed by atoms with Gasteiger partial charge in [0.25, 0.3) is 0 Å².